The summed E-state index contributed by atoms with van der Waals surface area (Å²) in [6.07, 6.45) is 0.414. The minimum Gasteiger partial charge on any atom is -0.484 e. The summed E-state index contributed by atoms with van der Waals surface area (Å²) in [6.45, 7) is 2.63. The van der Waals surface area contributed by atoms with Gasteiger partial charge >= 0.3 is 0 Å². The molecule has 1 rings (SSSR count). The van der Waals surface area contributed by atoms with Crippen LogP contribution in [0, 0.1) is 29.1 Å². The predicted octanol–water partition coefficient (Wildman–Crippen LogP) is 3.31. The lowest BCUT2D eigenvalue weighted by atomic mass is 9.99. The highest BCUT2D eigenvalue weighted by Gasteiger charge is 2.30. The Morgan fingerprint density at radius 2 is 1.21 bits per heavy atom. The first kappa shape index (κ1) is 15.7. The first-order valence-electron chi connectivity index (χ1n) is 5.64. The fourth-order valence-corrected chi connectivity index (χ4v) is 1.37. The second-order valence-corrected chi connectivity index (χ2v) is 4.12. The largest absolute Gasteiger partial charge is 0.484 e. The Labute approximate surface area is 106 Å². The highest BCUT2D eigenvalue weighted by atomic mass is 19.2. The van der Waals surface area contributed by atoms with Crippen LogP contribution in [0.25, 0.3) is 0 Å². The van der Waals surface area contributed by atoms with Crippen molar-refractivity contribution in [2.45, 2.75) is 32.3 Å². The third kappa shape index (κ3) is 2.97. The predicted molar refractivity (Wildman–Crippen MR) is 57.3 cm³/mol. The first-order valence-corrected chi connectivity index (χ1v) is 5.64. The zero-order valence-electron chi connectivity index (χ0n) is 10.4. The van der Waals surface area contributed by atoms with Gasteiger partial charge in [0.05, 0.1) is 5.60 Å². The van der Waals surface area contributed by atoms with Crippen molar-refractivity contribution >= 4 is 0 Å². The zero-order valence-corrected chi connectivity index (χ0v) is 10.4. The monoisotopic (exact) mass is 284 g/mol. The van der Waals surface area contributed by atoms with Gasteiger partial charge in [-0.3, -0.25) is 0 Å². The maximum atomic E-state index is 13.3. The number of ether oxygens (including phenoxy) is 1. The lowest BCUT2D eigenvalue weighted by Gasteiger charge is -2.25. The maximum Gasteiger partial charge on any atom is 0.206 e. The van der Waals surface area contributed by atoms with Crippen LogP contribution >= 0.6 is 0 Å². The van der Waals surface area contributed by atoms with Crippen molar-refractivity contribution in [3.8, 4) is 5.75 Å². The molecule has 0 spiro atoms. The minimum atomic E-state index is -2.25. The van der Waals surface area contributed by atoms with E-state index in [1.807, 2.05) is 0 Å². The van der Waals surface area contributed by atoms with Gasteiger partial charge in [0, 0.05) is 0 Å². The molecule has 19 heavy (non-hydrogen) atoms. The van der Waals surface area contributed by atoms with Gasteiger partial charge in [-0.2, -0.15) is 8.78 Å². The molecule has 0 radical (unpaired) electrons. The highest BCUT2D eigenvalue weighted by Crippen LogP contribution is 2.30. The molecule has 0 fully saturated rings. The molecule has 0 saturated carbocycles. The number of hydrogen-bond donors (Lipinski definition) is 1. The Morgan fingerprint density at radius 1 is 0.842 bits per heavy atom. The van der Waals surface area contributed by atoms with Gasteiger partial charge in [-0.05, 0) is 12.8 Å². The lowest BCUT2D eigenvalue weighted by Crippen LogP contribution is -2.34. The summed E-state index contributed by atoms with van der Waals surface area (Å²) in [5.41, 5.74) is -1.39. The maximum absolute atomic E-state index is 13.3. The Bertz CT molecular complexity index is 443. The molecule has 1 aromatic carbocycles. The van der Waals surface area contributed by atoms with Gasteiger partial charge in [0.2, 0.25) is 29.1 Å². The van der Waals surface area contributed by atoms with E-state index in [0.29, 0.717) is 0 Å². The molecule has 0 amide bonds. The molecule has 108 valence electrons. The van der Waals surface area contributed by atoms with Crippen molar-refractivity contribution in [3.63, 3.8) is 0 Å². The number of hydrogen-bond acceptors (Lipinski definition) is 2. The second-order valence-electron chi connectivity index (χ2n) is 4.12. The summed E-state index contributed by atoms with van der Waals surface area (Å²) in [5, 5.41) is 9.83. The summed E-state index contributed by atoms with van der Waals surface area (Å²) in [5.74, 6) is -11.9. The molecule has 0 saturated heterocycles. The van der Waals surface area contributed by atoms with Crippen molar-refractivity contribution in [2.75, 3.05) is 6.61 Å². The molecule has 0 heterocycles. The van der Waals surface area contributed by atoms with Crippen LogP contribution in [-0.2, 0) is 0 Å². The highest BCUT2D eigenvalue weighted by molar-refractivity contribution is 5.29. The first-order chi connectivity index (χ1) is 8.77. The van der Waals surface area contributed by atoms with Crippen LogP contribution in [0.5, 0.6) is 5.75 Å². The normalized spacial score (nSPS) is 11.8. The Kier molecular flexibility index (Phi) is 4.73. The SMILES string of the molecule is CCC(O)(CC)COc1c(F)c(F)c(F)c(F)c1F. The van der Waals surface area contributed by atoms with E-state index in [1.54, 1.807) is 13.8 Å². The van der Waals surface area contributed by atoms with Crippen LogP contribution in [0.15, 0.2) is 0 Å². The van der Waals surface area contributed by atoms with Crippen LogP contribution in [0.2, 0.25) is 0 Å². The molecular weight excluding hydrogens is 271 g/mol. The third-order valence-electron chi connectivity index (χ3n) is 2.97. The van der Waals surface area contributed by atoms with E-state index in [-0.39, 0.29) is 12.8 Å². The van der Waals surface area contributed by atoms with Gasteiger partial charge in [-0.15, -0.1) is 0 Å². The quantitative estimate of drug-likeness (QED) is 0.510. The molecule has 0 unspecified atom stereocenters. The second kappa shape index (κ2) is 5.73. The van der Waals surface area contributed by atoms with Crippen LogP contribution in [-0.4, -0.2) is 17.3 Å². The van der Waals surface area contributed by atoms with Crippen LogP contribution in [0.3, 0.4) is 0 Å². The van der Waals surface area contributed by atoms with Crippen molar-refractivity contribution in [2.24, 2.45) is 0 Å². The van der Waals surface area contributed by atoms with Crippen LogP contribution < -0.4 is 4.74 Å². The number of halogens is 5. The average Bonchev–Trinajstić information content (AvgIpc) is 2.42. The standard InChI is InChI=1S/C12H13F5O2/c1-3-12(18,4-2)5-19-11-9(16)7(14)6(13)8(15)10(11)17/h18H,3-5H2,1-2H3. The number of aliphatic hydroxyl groups is 1. The van der Waals surface area contributed by atoms with Crippen molar-refractivity contribution in [1.82, 2.24) is 0 Å². The van der Waals surface area contributed by atoms with E-state index in [2.05, 4.69) is 4.74 Å². The smallest absolute Gasteiger partial charge is 0.206 e. The summed E-state index contributed by atoms with van der Waals surface area (Å²) < 4.78 is 69.6. The molecule has 0 atom stereocenters. The molecule has 2 nitrogen and oxygen atoms in total. The lowest BCUT2D eigenvalue weighted by molar-refractivity contribution is -0.0139. The fraction of sp³-hybridized carbons (Fsp3) is 0.500. The van der Waals surface area contributed by atoms with Crippen molar-refractivity contribution in [3.05, 3.63) is 29.1 Å². The van der Waals surface area contributed by atoms with E-state index in [9.17, 15) is 27.1 Å². The van der Waals surface area contributed by atoms with E-state index >= 15 is 0 Å². The Hall–Kier alpha value is -1.37. The van der Waals surface area contributed by atoms with Gasteiger partial charge in [0.25, 0.3) is 0 Å². The third-order valence-corrected chi connectivity index (χ3v) is 2.97. The molecule has 0 aliphatic rings. The van der Waals surface area contributed by atoms with Crippen LogP contribution in [0.1, 0.15) is 26.7 Å². The molecule has 0 bridgehead atoms. The number of rotatable bonds is 5. The topological polar surface area (TPSA) is 29.5 Å². The average molecular weight is 284 g/mol. The minimum absolute atomic E-state index is 0.207. The summed E-state index contributed by atoms with van der Waals surface area (Å²) in [6, 6.07) is 0. The molecule has 0 aliphatic carbocycles. The summed E-state index contributed by atoms with van der Waals surface area (Å²) in [4.78, 5) is 0. The van der Waals surface area contributed by atoms with E-state index in [1.165, 1.54) is 0 Å². The van der Waals surface area contributed by atoms with E-state index in [0.717, 1.165) is 0 Å². The Morgan fingerprint density at radius 3 is 1.58 bits per heavy atom. The summed E-state index contributed by atoms with van der Waals surface area (Å²) >= 11 is 0. The van der Waals surface area contributed by atoms with Gasteiger partial charge < -0.3 is 9.84 Å². The molecule has 0 aromatic heterocycles. The van der Waals surface area contributed by atoms with Gasteiger partial charge in [-0.1, -0.05) is 13.8 Å². The van der Waals surface area contributed by atoms with Gasteiger partial charge in [0.1, 0.15) is 6.61 Å². The van der Waals surface area contributed by atoms with E-state index < -0.39 is 47.0 Å². The fourth-order valence-electron chi connectivity index (χ4n) is 1.37. The number of benzene rings is 1. The molecule has 1 aromatic rings. The van der Waals surface area contributed by atoms with E-state index in [4.69, 9.17) is 0 Å². The zero-order chi connectivity index (χ0) is 14.8. The molecule has 1 N–H and O–H groups in total. The van der Waals surface area contributed by atoms with Gasteiger partial charge in [-0.25, -0.2) is 13.2 Å². The molecule has 7 heteroatoms. The molecule has 0 aliphatic heterocycles. The Balaban J connectivity index is 3.09. The molecular formula is C12H13F5O2. The summed E-state index contributed by atoms with van der Waals surface area (Å²) in [7, 11) is 0. The van der Waals surface area contributed by atoms with Crippen LogP contribution in [0.4, 0.5) is 22.0 Å². The van der Waals surface area contributed by atoms with Crippen molar-refractivity contribution in [1.29, 1.82) is 0 Å². The van der Waals surface area contributed by atoms with Gasteiger partial charge in [0.15, 0.2) is 5.75 Å². The van der Waals surface area contributed by atoms with Crippen molar-refractivity contribution < 1.29 is 31.8 Å².